The maximum atomic E-state index is 12.1. The first-order chi connectivity index (χ1) is 6.51. The molecule has 0 saturated carbocycles. The van der Waals surface area contributed by atoms with Gasteiger partial charge in [-0.2, -0.15) is 13.2 Å². The van der Waals surface area contributed by atoms with Crippen LogP contribution in [0.1, 0.15) is 13.3 Å². The number of hydrogen-bond acceptors (Lipinski definition) is 2. The minimum Gasteiger partial charge on any atom is -0.302 e. The molecule has 1 saturated heterocycles. The molecule has 0 aromatic rings. The summed E-state index contributed by atoms with van der Waals surface area (Å²) in [5.41, 5.74) is 0. The quantitative estimate of drug-likeness (QED) is 0.682. The standard InChI is InChI=1S/C9H17F3N2/c1-2-13-4-3-5-14(7-6-13)8-9(10,11)12/h2-8H2,1H3. The Kier molecular flexibility index (Phi) is 4.19. The topological polar surface area (TPSA) is 6.48 Å². The predicted octanol–water partition coefficient (Wildman–Crippen LogP) is 1.58. The fourth-order valence-electron chi connectivity index (χ4n) is 1.75. The van der Waals surface area contributed by atoms with Crippen molar-refractivity contribution in [3.63, 3.8) is 0 Å². The summed E-state index contributed by atoms with van der Waals surface area (Å²) in [6, 6.07) is 0. The van der Waals surface area contributed by atoms with Crippen LogP contribution < -0.4 is 0 Å². The summed E-state index contributed by atoms with van der Waals surface area (Å²) in [5, 5.41) is 0. The molecule has 2 nitrogen and oxygen atoms in total. The van der Waals surface area contributed by atoms with Gasteiger partial charge in [0.2, 0.25) is 0 Å². The lowest BCUT2D eigenvalue weighted by Gasteiger charge is -2.21. The van der Waals surface area contributed by atoms with Crippen LogP contribution in [0.5, 0.6) is 0 Å². The van der Waals surface area contributed by atoms with Gasteiger partial charge in [-0.3, -0.25) is 4.90 Å². The van der Waals surface area contributed by atoms with Crippen molar-refractivity contribution in [2.75, 3.05) is 39.3 Å². The molecule has 1 aliphatic rings. The summed E-state index contributed by atoms with van der Waals surface area (Å²) in [4.78, 5) is 3.69. The molecule has 0 atom stereocenters. The molecule has 14 heavy (non-hydrogen) atoms. The molecule has 1 heterocycles. The van der Waals surface area contributed by atoms with Gasteiger partial charge in [-0.05, 0) is 26.1 Å². The average Bonchev–Trinajstić information content (AvgIpc) is 2.27. The highest BCUT2D eigenvalue weighted by atomic mass is 19.4. The smallest absolute Gasteiger partial charge is 0.302 e. The molecule has 0 amide bonds. The maximum absolute atomic E-state index is 12.1. The Bertz CT molecular complexity index is 170. The van der Waals surface area contributed by atoms with Crippen molar-refractivity contribution in [2.45, 2.75) is 19.5 Å². The Morgan fingerprint density at radius 1 is 1.00 bits per heavy atom. The molecule has 84 valence electrons. The highest BCUT2D eigenvalue weighted by Crippen LogP contribution is 2.17. The fourth-order valence-corrected chi connectivity index (χ4v) is 1.75. The molecule has 0 aliphatic carbocycles. The van der Waals surface area contributed by atoms with E-state index in [9.17, 15) is 13.2 Å². The minimum absolute atomic E-state index is 0.535. The Balaban J connectivity index is 2.34. The Morgan fingerprint density at radius 3 is 2.14 bits per heavy atom. The van der Waals surface area contributed by atoms with Crippen LogP contribution >= 0.6 is 0 Å². The largest absolute Gasteiger partial charge is 0.401 e. The molecule has 5 heteroatoms. The summed E-state index contributed by atoms with van der Waals surface area (Å²) in [7, 11) is 0. The molecule has 0 aromatic heterocycles. The molecule has 1 aliphatic heterocycles. The van der Waals surface area contributed by atoms with Crippen LogP contribution in [0.3, 0.4) is 0 Å². The van der Waals surface area contributed by atoms with Crippen LogP contribution in [0.25, 0.3) is 0 Å². The van der Waals surface area contributed by atoms with Crippen LogP contribution in [0, 0.1) is 0 Å². The third-order valence-electron chi connectivity index (χ3n) is 2.53. The Hall–Kier alpha value is -0.290. The van der Waals surface area contributed by atoms with Gasteiger partial charge in [0.25, 0.3) is 0 Å². The van der Waals surface area contributed by atoms with Crippen LogP contribution in [0.2, 0.25) is 0 Å². The molecule has 1 rings (SSSR count). The van der Waals surface area contributed by atoms with Gasteiger partial charge < -0.3 is 4.90 Å². The lowest BCUT2D eigenvalue weighted by molar-refractivity contribution is -0.145. The van der Waals surface area contributed by atoms with Gasteiger partial charge >= 0.3 is 6.18 Å². The van der Waals surface area contributed by atoms with E-state index < -0.39 is 12.7 Å². The first-order valence-electron chi connectivity index (χ1n) is 5.02. The molecule has 1 fully saturated rings. The van der Waals surface area contributed by atoms with Gasteiger partial charge in [-0.1, -0.05) is 6.92 Å². The van der Waals surface area contributed by atoms with Crippen LogP contribution in [-0.2, 0) is 0 Å². The summed E-state index contributed by atoms with van der Waals surface area (Å²) in [6.07, 6.45) is -3.22. The Morgan fingerprint density at radius 2 is 1.57 bits per heavy atom. The zero-order chi connectivity index (χ0) is 10.6. The molecule has 0 bridgehead atoms. The molecular formula is C9H17F3N2. The van der Waals surface area contributed by atoms with Crippen molar-refractivity contribution in [3.05, 3.63) is 0 Å². The van der Waals surface area contributed by atoms with Gasteiger partial charge in [0.05, 0.1) is 6.54 Å². The van der Waals surface area contributed by atoms with E-state index in [0.717, 1.165) is 26.1 Å². The number of rotatable bonds is 2. The highest BCUT2D eigenvalue weighted by molar-refractivity contribution is 4.70. The molecule has 0 N–H and O–H groups in total. The van der Waals surface area contributed by atoms with Gasteiger partial charge in [0.1, 0.15) is 0 Å². The van der Waals surface area contributed by atoms with Crippen LogP contribution in [0.15, 0.2) is 0 Å². The third-order valence-corrected chi connectivity index (χ3v) is 2.53. The fraction of sp³-hybridized carbons (Fsp3) is 1.00. The predicted molar refractivity (Wildman–Crippen MR) is 49.2 cm³/mol. The summed E-state index contributed by atoms with van der Waals surface area (Å²) < 4.78 is 36.3. The molecule has 0 aromatic carbocycles. The second kappa shape index (κ2) is 4.98. The van der Waals surface area contributed by atoms with E-state index in [4.69, 9.17) is 0 Å². The molecular weight excluding hydrogens is 193 g/mol. The molecule has 0 unspecified atom stereocenters. The third kappa shape index (κ3) is 4.28. The first kappa shape index (κ1) is 11.8. The van der Waals surface area contributed by atoms with Crippen molar-refractivity contribution in [1.82, 2.24) is 9.80 Å². The average molecular weight is 210 g/mol. The monoisotopic (exact) mass is 210 g/mol. The van der Waals surface area contributed by atoms with E-state index in [2.05, 4.69) is 4.90 Å². The normalized spacial score (nSPS) is 22.3. The summed E-state index contributed by atoms with van der Waals surface area (Å²) in [5.74, 6) is 0. The van der Waals surface area contributed by atoms with Gasteiger partial charge in [0.15, 0.2) is 0 Å². The van der Waals surface area contributed by atoms with Crippen molar-refractivity contribution < 1.29 is 13.2 Å². The lowest BCUT2D eigenvalue weighted by Crippen LogP contribution is -2.37. The van der Waals surface area contributed by atoms with E-state index in [0.29, 0.717) is 13.1 Å². The minimum atomic E-state index is -4.05. The Labute approximate surface area is 82.7 Å². The first-order valence-corrected chi connectivity index (χ1v) is 5.02. The number of alkyl halides is 3. The highest BCUT2D eigenvalue weighted by Gasteiger charge is 2.31. The zero-order valence-corrected chi connectivity index (χ0v) is 8.48. The van der Waals surface area contributed by atoms with Gasteiger partial charge in [-0.25, -0.2) is 0 Å². The SMILES string of the molecule is CCN1CCCN(CC(F)(F)F)CC1. The van der Waals surface area contributed by atoms with E-state index in [1.807, 2.05) is 6.92 Å². The summed E-state index contributed by atoms with van der Waals surface area (Å²) in [6.45, 7) is 4.99. The number of nitrogens with zero attached hydrogens (tertiary/aromatic N) is 2. The van der Waals surface area contributed by atoms with Crippen LogP contribution in [0.4, 0.5) is 13.2 Å². The number of hydrogen-bond donors (Lipinski definition) is 0. The van der Waals surface area contributed by atoms with Crippen molar-refractivity contribution in [1.29, 1.82) is 0 Å². The van der Waals surface area contributed by atoms with Crippen molar-refractivity contribution in [3.8, 4) is 0 Å². The van der Waals surface area contributed by atoms with Gasteiger partial charge in [-0.15, -0.1) is 0 Å². The number of likely N-dealkylation sites (N-methyl/N-ethyl adjacent to an activating group) is 1. The van der Waals surface area contributed by atoms with E-state index in [-0.39, 0.29) is 0 Å². The number of halogens is 3. The van der Waals surface area contributed by atoms with Crippen molar-refractivity contribution >= 4 is 0 Å². The van der Waals surface area contributed by atoms with Crippen LogP contribution in [-0.4, -0.2) is 55.2 Å². The zero-order valence-electron chi connectivity index (χ0n) is 8.48. The second-order valence-electron chi connectivity index (χ2n) is 3.68. The van der Waals surface area contributed by atoms with Gasteiger partial charge in [0, 0.05) is 13.1 Å². The lowest BCUT2D eigenvalue weighted by atomic mass is 10.4. The van der Waals surface area contributed by atoms with E-state index >= 15 is 0 Å². The molecule has 0 spiro atoms. The summed E-state index contributed by atoms with van der Waals surface area (Å²) >= 11 is 0. The molecule has 0 radical (unpaired) electrons. The second-order valence-corrected chi connectivity index (χ2v) is 3.68. The maximum Gasteiger partial charge on any atom is 0.401 e. The van der Waals surface area contributed by atoms with E-state index in [1.165, 1.54) is 4.90 Å². The van der Waals surface area contributed by atoms with E-state index in [1.54, 1.807) is 0 Å². The van der Waals surface area contributed by atoms with Crippen molar-refractivity contribution in [2.24, 2.45) is 0 Å².